The maximum absolute atomic E-state index is 4.25. The summed E-state index contributed by atoms with van der Waals surface area (Å²) in [5, 5.41) is 10.8. The molecular formula is C11H16N4S. The van der Waals surface area contributed by atoms with Gasteiger partial charge in [0, 0.05) is 43.8 Å². The molecule has 16 heavy (non-hydrogen) atoms. The second-order valence-corrected chi connectivity index (χ2v) is 4.71. The fraction of sp³-hybridized carbons (Fsp3) is 0.455. The molecule has 0 spiro atoms. The van der Waals surface area contributed by atoms with E-state index in [1.165, 1.54) is 10.7 Å². The highest BCUT2D eigenvalue weighted by Gasteiger charge is 2.08. The number of aromatic nitrogens is 3. The van der Waals surface area contributed by atoms with Crippen LogP contribution in [0, 0.1) is 0 Å². The molecule has 2 heterocycles. The molecule has 0 aliphatic rings. The maximum Gasteiger partial charge on any atom is 0.0937 e. The average Bonchev–Trinajstić information content (AvgIpc) is 2.88. The smallest absolute Gasteiger partial charge is 0.0937 e. The van der Waals surface area contributed by atoms with Gasteiger partial charge < -0.3 is 5.32 Å². The van der Waals surface area contributed by atoms with E-state index in [1.807, 2.05) is 35.6 Å². The molecule has 2 aromatic rings. The summed E-state index contributed by atoms with van der Waals surface area (Å²) in [6, 6.07) is 2.37. The van der Waals surface area contributed by atoms with Gasteiger partial charge in [0.05, 0.1) is 10.7 Å². The van der Waals surface area contributed by atoms with Gasteiger partial charge in [-0.25, -0.2) is 4.98 Å². The van der Waals surface area contributed by atoms with Gasteiger partial charge in [-0.2, -0.15) is 5.10 Å². The Bertz CT molecular complexity index is 421. The normalized spacial score (nSPS) is 12.9. The number of hydrogen-bond acceptors (Lipinski definition) is 4. The highest BCUT2D eigenvalue weighted by molar-refractivity contribution is 7.09. The molecule has 0 amide bonds. The molecule has 0 radical (unpaired) electrons. The van der Waals surface area contributed by atoms with Crippen LogP contribution in [-0.4, -0.2) is 21.3 Å². The molecule has 1 N–H and O–H groups in total. The van der Waals surface area contributed by atoms with Crippen molar-refractivity contribution in [2.24, 2.45) is 7.05 Å². The summed E-state index contributed by atoms with van der Waals surface area (Å²) in [6.45, 7) is 3.10. The molecule has 4 nitrogen and oxygen atoms in total. The minimum atomic E-state index is 0.326. The Morgan fingerprint density at radius 2 is 2.38 bits per heavy atom. The van der Waals surface area contributed by atoms with Crippen molar-refractivity contribution < 1.29 is 0 Å². The molecule has 0 saturated heterocycles. The van der Waals surface area contributed by atoms with Gasteiger partial charge in [-0.05, 0) is 13.0 Å². The van der Waals surface area contributed by atoms with Crippen molar-refractivity contribution in [1.82, 2.24) is 20.1 Å². The van der Waals surface area contributed by atoms with Crippen LogP contribution in [0.2, 0.25) is 0 Å². The highest BCUT2D eigenvalue weighted by Crippen LogP contribution is 2.10. The van der Waals surface area contributed by atoms with Crippen LogP contribution in [0.25, 0.3) is 0 Å². The fourth-order valence-electron chi connectivity index (χ4n) is 1.69. The van der Waals surface area contributed by atoms with Gasteiger partial charge in [0.15, 0.2) is 0 Å². The number of rotatable bonds is 5. The van der Waals surface area contributed by atoms with Crippen LogP contribution in [0.4, 0.5) is 0 Å². The third-order valence-corrected chi connectivity index (χ3v) is 3.41. The molecule has 1 unspecified atom stereocenters. The van der Waals surface area contributed by atoms with E-state index >= 15 is 0 Å². The van der Waals surface area contributed by atoms with E-state index in [0.29, 0.717) is 6.04 Å². The zero-order chi connectivity index (χ0) is 11.4. The molecule has 0 saturated carbocycles. The van der Waals surface area contributed by atoms with Crippen molar-refractivity contribution in [3.05, 3.63) is 34.5 Å². The maximum atomic E-state index is 4.25. The highest BCUT2D eigenvalue weighted by atomic mass is 32.1. The van der Waals surface area contributed by atoms with Gasteiger partial charge in [-0.15, -0.1) is 11.3 Å². The Morgan fingerprint density at radius 3 is 3.00 bits per heavy atom. The van der Waals surface area contributed by atoms with E-state index in [-0.39, 0.29) is 0 Å². The molecule has 86 valence electrons. The number of aryl methyl sites for hydroxylation is 1. The summed E-state index contributed by atoms with van der Waals surface area (Å²) < 4.78 is 1.90. The minimum absolute atomic E-state index is 0.326. The molecular weight excluding hydrogens is 220 g/mol. The summed E-state index contributed by atoms with van der Waals surface area (Å²) in [7, 11) is 1.97. The van der Waals surface area contributed by atoms with Crippen molar-refractivity contribution in [3.8, 4) is 0 Å². The first-order valence-corrected chi connectivity index (χ1v) is 6.25. The number of nitrogens with one attached hydrogen (secondary N) is 1. The molecule has 2 rings (SSSR count). The van der Waals surface area contributed by atoms with Crippen molar-refractivity contribution in [3.63, 3.8) is 0 Å². The third-order valence-electron chi connectivity index (χ3n) is 2.58. The molecule has 0 fully saturated rings. The lowest BCUT2D eigenvalue weighted by molar-refractivity contribution is 0.532. The van der Waals surface area contributed by atoms with Crippen molar-refractivity contribution >= 4 is 11.3 Å². The second kappa shape index (κ2) is 5.23. The molecule has 0 aliphatic heterocycles. The zero-order valence-electron chi connectivity index (χ0n) is 9.55. The quantitative estimate of drug-likeness (QED) is 0.860. The second-order valence-electron chi connectivity index (χ2n) is 3.73. The molecule has 2 aromatic heterocycles. The van der Waals surface area contributed by atoms with Crippen molar-refractivity contribution in [2.75, 3.05) is 6.54 Å². The minimum Gasteiger partial charge on any atom is -0.308 e. The van der Waals surface area contributed by atoms with Crippen molar-refractivity contribution in [1.29, 1.82) is 0 Å². The summed E-state index contributed by atoms with van der Waals surface area (Å²) >= 11 is 1.71. The van der Waals surface area contributed by atoms with Gasteiger partial charge in [-0.3, -0.25) is 4.68 Å². The summed E-state index contributed by atoms with van der Waals surface area (Å²) in [4.78, 5) is 4.25. The van der Waals surface area contributed by atoms with Gasteiger partial charge in [-0.1, -0.05) is 0 Å². The first-order chi connectivity index (χ1) is 7.77. The predicted octanol–water partition coefficient (Wildman–Crippen LogP) is 1.77. The Labute approximate surface area is 99.3 Å². The Kier molecular flexibility index (Phi) is 3.69. The lowest BCUT2D eigenvalue weighted by Crippen LogP contribution is -2.23. The largest absolute Gasteiger partial charge is 0.308 e. The molecule has 1 atom stereocenters. The zero-order valence-corrected chi connectivity index (χ0v) is 10.4. The number of hydrogen-bond donors (Lipinski definition) is 1. The monoisotopic (exact) mass is 236 g/mol. The van der Waals surface area contributed by atoms with E-state index in [0.717, 1.165) is 13.0 Å². The van der Waals surface area contributed by atoms with Crippen molar-refractivity contribution in [2.45, 2.75) is 19.4 Å². The number of thiazole rings is 1. The van der Waals surface area contributed by atoms with Crippen LogP contribution in [0.5, 0.6) is 0 Å². The lowest BCUT2D eigenvalue weighted by Gasteiger charge is -2.13. The van der Waals surface area contributed by atoms with Crippen LogP contribution < -0.4 is 5.32 Å². The summed E-state index contributed by atoms with van der Waals surface area (Å²) in [6.07, 6.45) is 4.67. The first-order valence-electron chi connectivity index (χ1n) is 5.37. The lowest BCUT2D eigenvalue weighted by atomic mass is 10.2. The van der Waals surface area contributed by atoms with E-state index in [4.69, 9.17) is 0 Å². The molecule has 0 aliphatic carbocycles. The van der Waals surface area contributed by atoms with Crippen LogP contribution in [0.15, 0.2) is 23.8 Å². The van der Waals surface area contributed by atoms with E-state index in [1.54, 1.807) is 11.3 Å². The first kappa shape index (κ1) is 11.3. The summed E-state index contributed by atoms with van der Waals surface area (Å²) in [5.41, 5.74) is 1.21. The van der Waals surface area contributed by atoms with Gasteiger partial charge in [0.25, 0.3) is 0 Å². The van der Waals surface area contributed by atoms with E-state index in [2.05, 4.69) is 22.3 Å². The number of nitrogens with zero attached hydrogens (tertiary/aromatic N) is 3. The Balaban J connectivity index is 1.80. The third kappa shape index (κ3) is 2.68. The van der Waals surface area contributed by atoms with Gasteiger partial charge in [0.2, 0.25) is 0 Å². The predicted molar refractivity (Wildman–Crippen MR) is 65.4 cm³/mol. The topological polar surface area (TPSA) is 42.7 Å². The van der Waals surface area contributed by atoms with Gasteiger partial charge >= 0.3 is 0 Å². The Hall–Kier alpha value is -1.20. The standard InChI is InChI=1S/C11H16N4S/c1-9(10-3-6-14-15(10)2)12-5-4-11-13-7-8-16-11/h3,6-9,12H,4-5H2,1-2H3. The summed E-state index contributed by atoms with van der Waals surface area (Å²) in [5.74, 6) is 0. The molecule has 5 heteroatoms. The van der Waals surface area contributed by atoms with Crippen LogP contribution in [0.3, 0.4) is 0 Å². The molecule has 0 aromatic carbocycles. The van der Waals surface area contributed by atoms with E-state index in [9.17, 15) is 0 Å². The van der Waals surface area contributed by atoms with Gasteiger partial charge in [0.1, 0.15) is 0 Å². The average molecular weight is 236 g/mol. The van der Waals surface area contributed by atoms with E-state index < -0.39 is 0 Å². The fourth-order valence-corrected chi connectivity index (χ4v) is 2.31. The SMILES string of the molecule is CC(NCCc1nccs1)c1ccnn1C. The Morgan fingerprint density at radius 1 is 1.50 bits per heavy atom. The van der Waals surface area contributed by atoms with Crippen LogP contribution in [0.1, 0.15) is 23.7 Å². The van der Waals surface area contributed by atoms with Crippen LogP contribution >= 0.6 is 11.3 Å². The van der Waals surface area contributed by atoms with Crippen LogP contribution in [-0.2, 0) is 13.5 Å². The molecule has 0 bridgehead atoms.